The highest BCUT2D eigenvalue weighted by molar-refractivity contribution is 9.10. The average molecular weight is 1200 g/mol. The molecule has 4 N–H and O–H groups in total. The monoisotopic (exact) mass is 1200 g/mol. The minimum absolute atomic E-state index is 0.0617. The van der Waals surface area contributed by atoms with Crippen LogP contribution >= 0.6 is 31.9 Å². The molecule has 0 bridgehead atoms. The third-order valence-corrected chi connectivity index (χ3v) is 16.1. The van der Waals surface area contributed by atoms with Crippen LogP contribution in [0.25, 0.3) is 32.3 Å². The number of hydrogen-bond donors (Lipinski definition) is 4. The summed E-state index contributed by atoms with van der Waals surface area (Å²) in [6.07, 6.45) is 0. The van der Waals surface area contributed by atoms with Crippen LogP contribution in [-0.4, -0.2) is 101 Å². The van der Waals surface area contributed by atoms with Crippen LogP contribution < -0.4 is 50.3 Å². The second-order valence-corrected chi connectivity index (χ2v) is 21.6. The summed E-state index contributed by atoms with van der Waals surface area (Å²) in [6, 6.07) is 40.5. The molecular weight excluding hydrogens is 1140 g/mol. The summed E-state index contributed by atoms with van der Waals surface area (Å²) in [4.78, 5) is 93.9. The smallest absolute Gasteiger partial charge is 0.258 e. The molecule has 18 heteroatoms. The minimum Gasteiger partial charge on any atom is -0.496 e. The van der Waals surface area contributed by atoms with Crippen LogP contribution in [0.4, 0.5) is 22.7 Å². The number of carbonyl (C=O) groups excluding carboxylic acids is 6. The molecule has 0 fully saturated rings. The summed E-state index contributed by atoms with van der Waals surface area (Å²) < 4.78 is 13.5. The van der Waals surface area contributed by atoms with Crippen molar-refractivity contribution in [3.05, 3.63) is 177 Å². The Kier molecular flexibility index (Phi) is 16.1. The molecular formula is C62H58Br2N8O8. The molecule has 0 aromatic heterocycles. The first-order chi connectivity index (χ1) is 38.6. The highest BCUT2D eigenvalue weighted by Crippen LogP contribution is 2.41. The number of nitrogens with one attached hydrogen (secondary N) is 4. The molecule has 8 aromatic carbocycles. The Labute approximate surface area is 479 Å². The van der Waals surface area contributed by atoms with Gasteiger partial charge in [0, 0.05) is 31.2 Å². The number of halogens is 2. The van der Waals surface area contributed by atoms with E-state index in [-0.39, 0.29) is 26.2 Å². The molecule has 0 saturated heterocycles. The van der Waals surface area contributed by atoms with Gasteiger partial charge >= 0.3 is 0 Å². The second kappa shape index (κ2) is 23.3. The Morgan fingerprint density at radius 3 is 1.26 bits per heavy atom. The van der Waals surface area contributed by atoms with E-state index in [4.69, 9.17) is 9.47 Å². The molecule has 2 heterocycles. The Balaban J connectivity index is 0.996. The number of hydrogen-bond acceptors (Lipinski definition) is 10. The summed E-state index contributed by atoms with van der Waals surface area (Å²) in [5, 5.41) is 16.7. The maximum absolute atomic E-state index is 15.2. The van der Waals surface area contributed by atoms with Crippen molar-refractivity contribution in [3.63, 3.8) is 0 Å². The lowest BCUT2D eigenvalue weighted by molar-refractivity contribution is -0.128. The number of rotatable bonds is 14. The van der Waals surface area contributed by atoms with E-state index in [0.717, 1.165) is 41.6 Å². The van der Waals surface area contributed by atoms with E-state index in [1.165, 1.54) is 9.80 Å². The predicted molar refractivity (Wildman–Crippen MR) is 320 cm³/mol. The van der Waals surface area contributed by atoms with Crippen molar-refractivity contribution in [2.24, 2.45) is 0 Å². The van der Waals surface area contributed by atoms with Gasteiger partial charge in [-0.25, -0.2) is 0 Å². The van der Waals surface area contributed by atoms with Crippen LogP contribution in [-0.2, 0) is 32.3 Å². The van der Waals surface area contributed by atoms with Gasteiger partial charge in [0.05, 0.1) is 75.2 Å². The highest BCUT2D eigenvalue weighted by Gasteiger charge is 2.40. The summed E-state index contributed by atoms with van der Waals surface area (Å²) in [5.41, 5.74) is 3.93. The van der Waals surface area contributed by atoms with E-state index in [0.29, 0.717) is 56.1 Å². The van der Waals surface area contributed by atoms with Gasteiger partial charge in [-0.05, 0) is 145 Å². The molecule has 80 heavy (non-hydrogen) atoms. The lowest BCUT2D eigenvalue weighted by Crippen LogP contribution is -2.55. The third-order valence-electron chi connectivity index (χ3n) is 15.1. The summed E-state index contributed by atoms with van der Waals surface area (Å²) in [5.74, 6) is -1.37. The van der Waals surface area contributed by atoms with Crippen molar-refractivity contribution >= 4 is 122 Å². The molecule has 0 radical (unpaired) electrons. The van der Waals surface area contributed by atoms with Gasteiger partial charge < -0.3 is 50.3 Å². The first kappa shape index (κ1) is 55.2. The molecule has 6 amide bonds. The fraction of sp³-hybridized carbons (Fsp3) is 0.226. The molecule has 0 unspecified atom stereocenters. The second-order valence-electron chi connectivity index (χ2n) is 19.8. The average Bonchev–Trinajstić information content (AvgIpc) is 3.71. The lowest BCUT2D eigenvalue weighted by atomic mass is 10.0. The zero-order chi connectivity index (χ0) is 56.5. The van der Waals surface area contributed by atoms with Crippen LogP contribution in [0.2, 0.25) is 0 Å². The number of fused-ring (bicyclic) bond motifs is 5. The van der Waals surface area contributed by atoms with Crippen molar-refractivity contribution in [1.29, 1.82) is 0 Å². The van der Waals surface area contributed by atoms with E-state index in [1.54, 1.807) is 137 Å². The molecule has 0 saturated carbocycles. The van der Waals surface area contributed by atoms with Gasteiger partial charge in [0.25, 0.3) is 23.6 Å². The number of nitrogens with zero attached hydrogens (tertiary/aromatic N) is 4. The maximum Gasteiger partial charge on any atom is 0.258 e. The van der Waals surface area contributed by atoms with Crippen molar-refractivity contribution < 1.29 is 38.2 Å². The number of amides is 6. The number of methoxy groups -OCH3 is 2. The zero-order valence-electron chi connectivity index (χ0n) is 44.8. The van der Waals surface area contributed by atoms with Crippen molar-refractivity contribution in [1.82, 2.24) is 21.3 Å². The minimum atomic E-state index is -1.16. The molecule has 10 rings (SSSR count). The first-order valence-corrected chi connectivity index (χ1v) is 27.6. The van der Waals surface area contributed by atoms with Crippen LogP contribution in [0, 0.1) is 0 Å². The van der Waals surface area contributed by atoms with Gasteiger partial charge in [-0.15, -0.1) is 0 Å². The SMILES string of the molecule is CN[C@@H](C)C(=O)N[C@H]1CN(C(=O)c2ccc3cc(C(=O)N4C[C@H](NC(=O)[C@H](C)NC)C(=O)N(Cc5c(OC)ccc6cc(Br)ccc56)c5ccccc54)ccc3c2)c2ccccc2N(Cc2c(OC)ccc3cc(Br)ccc23)C1=O. The Morgan fingerprint density at radius 2 is 0.887 bits per heavy atom. The summed E-state index contributed by atoms with van der Waals surface area (Å²) in [6.45, 7) is 3.14. The first-order valence-electron chi connectivity index (χ1n) is 26.0. The number of carbonyl (C=O) groups is 6. The molecule has 0 aliphatic carbocycles. The predicted octanol–water partition coefficient (Wildman–Crippen LogP) is 9.26. The number of ether oxygens (including phenoxy) is 2. The Bertz CT molecular complexity index is 3560. The van der Waals surface area contributed by atoms with Crippen LogP contribution in [0.1, 0.15) is 45.7 Å². The number of likely N-dealkylation sites (N-methyl/N-ethyl adjacent to an activating group) is 2. The summed E-state index contributed by atoms with van der Waals surface area (Å²) >= 11 is 7.15. The molecule has 0 spiro atoms. The van der Waals surface area contributed by atoms with Crippen LogP contribution in [0.5, 0.6) is 11.5 Å². The third kappa shape index (κ3) is 10.7. The van der Waals surface area contributed by atoms with Crippen LogP contribution in [0.3, 0.4) is 0 Å². The number of anilines is 4. The Hall–Kier alpha value is -8.16. The fourth-order valence-electron chi connectivity index (χ4n) is 10.5. The van der Waals surface area contributed by atoms with E-state index in [1.807, 2.05) is 60.7 Å². The van der Waals surface area contributed by atoms with E-state index in [2.05, 4.69) is 53.1 Å². The maximum atomic E-state index is 15.2. The van der Waals surface area contributed by atoms with E-state index < -0.39 is 59.6 Å². The van der Waals surface area contributed by atoms with Crippen molar-refractivity contribution in [2.75, 3.05) is 61.0 Å². The van der Waals surface area contributed by atoms with Gasteiger partial charge in [-0.3, -0.25) is 28.8 Å². The molecule has 4 atom stereocenters. The van der Waals surface area contributed by atoms with E-state index >= 15 is 19.2 Å². The zero-order valence-corrected chi connectivity index (χ0v) is 48.0. The molecule has 16 nitrogen and oxygen atoms in total. The van der Waals surface area contributed by atoms with E-state index in [9.17, 15) is 9.59 Å². The number of benzene rings is 8. The van der Waals surface area contributed by atoms with Gasteiger partial charge in [-0.2, -0.15) is 0 Å². The number of para-hydroxylation sites is 4. The quantitative estimate of drug-likeness (QED) is 0.0820. The normalized spacial score (nSPS) is 16.1. The Morgan fingerprint density at radius 1 is 0.512 bits per heavy atom. The van der Waals surface area contributed by atoms with Crippen molar-refractivity contribution in [2.45, 2.75) is 51.1 Å². The molecule has 2 aliphatic heterocycles. The lowest BCUT2D eigenvalue weighted by Gasteiger charge is -2.27. The van der Waals surface area contributed by atoms with Gasteiger partial charge in [0.2, 0.25) is 11.8 Å². The molecule has 8 aromatic rings. The van der Waals surface area contributed by atoms with Gasteiger partial charge in [0.1, 0.15) is 23.6 Å². The van der Waals surface area contributed by atoms with Crippen LogP contribution in [0.15, 0.2) is 155 Å². The summed E-state index contributed by atoms with van der Waals surface area (Å²) in [7, 11) is 6.46. The van der Waals surface area contributed by atoms with Gasteiger partial charge in [-0.1, -0.05) is 92.5 Å². The standard InChI is InChI=1S/C62H58Br2N8O8/c1-35(65-3)57(73)67-49-33-71(53-13-9-7-11-51(53)69(61(49)77)31-47-45-23-21-43(63)29-39(45)19-25-55(47)79-5)59(75)41-17-15-38-28-42(18-16-37(38)27-41)60(76)72-34-50(68-58(74)36(2)66-4)62(78)70(52-12-8-10-14-54(52)72)32-48-46-24-22-44(64)30-40(46)20-26-56(48)80-6/h7-30,35-36,49-50,65-66H,31-34H2,1-6H3,(H,67,73)(H,68,74)/t35-,36-,49-,50-/m0/s1. The fourth-order valence-corrected chi connectivity index (χ4v) is 11.3. The topological polar surface area (TPSA) is 182 Å². The van der Waals surface area contributed by atoms with Gasteiger partial charge in [0.15, 0.2) is 0 Å². The largest absolute Gasteiger partial charge is 0.496 e. The highest BCUT2D eigenvalue weighted by atomic mass is 79.9. The molecule has 408 valence electrons. The molecule has 2 aliphatic rings. The van der Waals surface area contributed by atoms with Crippen molar-refractivity contribution in [3.8, 4) is 11.5 Å².